The molecule has 9 nitrogen and oxygen atoms in total. The Hall–Kier alpha value is -1.81. The van der Waals surface area contributed by atoms with E-state index in [1.165, 1.54) is 0 Å². The molecule has 0 aromatic carbocycles. The van der Waals surface area contributed by atoms with Gasteiger partial charge in [-0.05, 0) is 69.2 Å². The van der Waals surface area contributed by atoms with Crippen LogP contribution in [0, 0.1) is 40.4 Å². The summed E-state index contributed by atoms with van der Waals surface area (Å²) in [5, 5.41) is 0. The van der Waals surface area contributed by atoms with Crippen LogP contribution in [0.5, 0.6) is 0 Å². The Morgan fingerprint density at radius 1 is 0.744 bits per heavy atom. The van der Waals surface area contributed by atoms with Gasteiger partial charge in [-0.1, -0.05) is 39.8 Å². The largest absolute Gasteiger partial charge is 0.464 e. The van der Waals surface area contributed by atoms with Crippen LogP contribution in [0.15, 0.2) is 12.2 Å². The average molecular weight is 611 g/mol. The van der Waals surface area contributed by atoms with Gasteiger partial charge in [0.05, 0.1) is 41.2 Å². The maximum Gasteiger partial charge on any atom is 0.311 e. The van der Waals surface area contributed by atoms with Gasteiger partial charge in [0, 0.05) is 23.7 Å². The fourth-order valence-electron chi connectivity index (χ4n) is 5.91. The molecule has 2 aliphatic rings. The Labute approximate surface area is 259 Å². The molecule has 0 spiro atoms. The van der Waals surface area contributed by atoms with E-state index < -0.39 is 34.4 Å². The first-order chi connectivity index (χ1) is 19.5. The van der Waals surface area contributed by atoms with Crippen molar-refractivity contribution in [1.82, 2.24) is 0 Å². The highest BCUT2D eigenvalue weighted by molar-refractivity contribution is 5.76. The van der Waals surface area contributed by atoms with Crippen molar-refractivity contribution in [2.24, 2.45) is 40.4 Å². The Morgan fingerprint density at radius 3 is 1.63 bits per heavy atom. The topological polar surface area (TPSA) is 107 Å². The van der Waals surface area contributed by atoms with E-state index in [0.29, 0.717) is 0 Å². The molecule has 0 aliphatic carbocycles. The van der Waals surface area contributed by atoms with E-state index in [1.807, 2.05) is 67.5 Å². The van der Waals surface area contributed by atoms with Crippen LogP contribution in [0.4, 0.5) is 0 Å². The second kappa shape index (κ2) is 14.1. The van der Waals surface area contributed by atoms with Crippen molar-refractivity contribution in [2.75, 3.05) is 13.2 Å². The molecule has 2 heterocycles. The lowest BCUT2D eigenvalue weighted by Gasteiger charge is -2.53. The van der Waals surface area contributed by atoms with Crippen LogP contribution in [0.25, 0.3) is 0 Å². The van der Waals surface area contributed by atoms with Gasteiger partial charge in [0.25, 0.3) is 0 Å². The number of carbonyl (C=O) groups is 3. The van der Waals surface area contributed by atoms with Crippen molar-refractivity contribution in [1.29, 1.82) is 0 Å². The smallest absolute Gasteiger partial charge is 0.311 e. The van der Waals surface area contributed by atoms with Gasteiger partial charge in [-0.3, -0.25) is 9.59 Å². The summed E-state index contributed by atoms with van der Waals surface area (Å²) in [6, 6.07) is 0. The minimum absolute atomic E-state index is 0.00499. The maximum absolute atomic E-state index is 12.4. The normalized spacial score (nSPS) is 31.6. The first-order valence-electron chi connectivity index (χ1n) is 15.7. The predicted octanol–water partition coefficient (Wildman–Crippen LogP) is 6.12. The molecule has 0 aromatic rings. The second-order valence-electron chi connectivity index (χ2n) is 15.5. The zero-order chi connectivity index (χ0) is 33.1. The molecule has 0 aromatic heterocycles. The highest BCUT2D eigenvalue weighted by Gasteiger charge is 2.52. The van der Waals surface area contributed by atoms with Crippen molar-refractivity contribution >= 4 is 18.2 Å². The molecule has 0 radical (unpaired) electrons. The fourth-order valence-corrected chi connectivity index (χ4v) is 5.91. The molecule has 0 unspecified atom stereocenters. The van der Waals surface area contributed by atoms with Crippen LogP contribution in [-0.2, 0) is 42.8 Å². The molecule has 9 heteroatoms. The Morgan fingerprint density at radius 2 is 1.16 bits per heavy atom. The monoisotopic (exact) mass is 610 g/mol. The highest BCUT2D eigenvalue weighted by Crippen LogP contribution is 2.44. The SMILES string of the molecule is C[C@@H]([C@@H]1OC(C)(C)O[C@@H]([C@H](C=O)COC(=O)C(C)(C)C)[C@H]1C)[C@@H]1OC(C)(C)O[C@@H]([C@@H](C)/C=C/COC(=O)C(C)(C)C)[C@H]1C. The number of esters is 2. The third-order valence-electron chi connectivity index (χ3n) is 8.29. The number of hydrogen-bond acceptors (Lipinski definition) is 9. The minimum Gasteiger partial charge on any atom is -0.464 e. The minimum atomic E-state index is -0.963. The van der Waals surface area contributed by atoms with Gasteiger partial charge in [-0.2, -0.15) is 0 Å². The van der Waals surface area contributed by atoms with Gasteiger partial charge in [-0.15, -0.1) is 0 Å². The number of rotatable bonds is 10. The summed E-state index contributed by atoms with van der Waals surface area (Å²) < 4.78 is 36.7. The highest BCUT2D eigenvalue weighted by atomic mass is 16.7. The van der Waals surface area contributed by atoms with Crippen LogP contribution in [0.1, 0.15) is 96.9 Å². The summed E-state index contributed by atoms with van der Waals surface area (Å²) in [6.07, 6.45) is 3.51. The van der Waals surface area contributed by atoms with Crippen molar-refractivity contribution in [3.63, 3.8) is 0 Å². The van der Waals surface area contributed by atoms with Crippen LogP contribution >= 0.6 is 0 Å². The van der Waals surface area contributed by atoms with Crippen molar-refractivity contribution in [3.8, 4) is 0 Å². The van der Waals surface area contributed by atoms with E-state index in [0.717, 1.165) is 6.29 Å². The van der Waals surface area contributed by atoms with E-state index in [4.69, 9.17) is 28.4 Å². The first-order valence-corrected chi connectivity index (χ1v) is 15.7. The number of carbonyl (C=O) groups excluding carboxylic acids is 3. The maximum atomic E-state index is 12.4. The Kier molecular flexibility index (Phi) is 12.2. The van der Waals surface area contributed by atoms with Crippen molar-refractivity contribution < 1.29 is 42.8 Å². The van der Waals surface area contributed by atoms with Gasteiger partial charge in [-0.25, -0.2) is 0 Å². The van der Waals surface area contributed by atoms with Gasteiger partial charge < -0.3 is 33.2 Å². The zero-order valence-electron chi connectivity index (χ0n) is 29.0. The molecule has 9 atom stereocenters. The molecule has 0 N–H and O–H groups in total. The molecular formula is C34H58O9. The summed E-state index contributed by atoms with van der Waals surface area (Å²) in [4.78, 5) is 36.8. The molecule has 2 rings (SSSR count). The molecule has 0 saturated carbocycles. The summed E-state index contributed by atoms with van der Waals surface area (Å²) >= 11 is 0. The lowest BCUT2D eigenvalue weighted by molar-refractivity contribution is -0.363. The van der Waals surface area contributed by atoms with E-state index in [9.17, 15) is 14.4 Å². The van der Waals surface area contributed by atoms with E-state index in [1.54, 1.807) is 20.8 Å². The fraction of sp³-hybridized carbons (Fsp3) is 0.853. The van der Waals surface area contributed by atoms with Gasteiger partial charge >= 0.3 is 11.9 Å². The van der Waals surface area contributed by atoms with Crippen LogP contribution in [0.2, 0.25) is 0 Å². The van der Waals surface area contributed by atoms with Crippen LogP contribution in [0.3, 0.4) is 0 Å². The lowest BCUT2D eigenvalue weighted by Crippen LogP contribution is -2.60. The van der Waals surface area contributed by atoms with Crippen molar-refractivity contribution in [3.05, 3.63) is 12.2 Å². The Balaban J connectivity index is 2.23. The molecule has 2 saturated heterocycles. The number of ether oxygens (including phenoxy) is 6. The summed E-state index contributed by atoms with van der Waals surface area (Å²) in [5.41, 5.74) is -1.22. The second-order valence-corrected chi connectivity index (χ2v) is 15.5. The third kappa shape index (κ3) is 10.1. The summed E-state index contributed by atoms with van der Waals surface area (Å²) in [5.74, 6) is -3.32. The Bertz CT molecular complexity index is 987. The average Bonchev–Trinajstić information content (AvgIpc) is 2.87. The van der Waals surface area contributed by atoms with Gasteiger partial charge in [0.1, 0.15) is 19.5 Å². The molecular weight excluding hydrogens is 552 g/mol. The molecule has 2 fully saturated rings. The number of hydrogen-bond donors (Lipinski definition) is 0. The van der Waals surface area contributed by atoms with E-state index >= 15 is 0 Å². The van der Waals surface area contributed by atoms with Gasteiger partial charge in [0.15, 0.2) is 11.6 Å². The first kappa shape index (κ1) is 37.4. The molecule has 0 bridgehead atoms. The summed E-state index contributed by atoms with van der Waals surface area (Å²) in [6.45, 7) is 26.8. The molecule has 43 heavy (non-hydrogen) atoms. The zero-order valence-corrected chi connectivity index (χ0v) is 29.0. The predicted molar refractivity (Wildman–Crippen MR) is 164 cm³/mol. The van der Waals surface area contributed by atoms with Gasteiger partial charge in [0.2, 0.25) is 0 Å². The lowest BCUT2D eigenvalue weighted by atomic mass is 9.75. The quantitative estimate of drug-likeness (QED) is 0.164. The number of aldehydes is 1. The summed E-state index contributed by atoms with van der Waals surface area (Å²) in [7, 11) is 0. The standard InChI is InChI=1S/C34H58O9/c1-20(16-15-17-38-29(36)31(5,6)7)25-21(2)26(41-33(11,12)40-25)22(3)27-23(4)28(43-34(13,14)42-27)24(18-35)19-39-30(37)32(8,9)10/h15-16,18,20-28H,17,19H2,1-14H3/b16-15+/t20-,21+,22+,23-,24+,25-,26+,27-,28+/m0/s1. The molecule has 0 amide bonds. The molecule has 2 aliphatic heterocycles. The van der Waals surface area contributed by atoms with Crippen LogP contribution < -0.4 is 0 Å². The van der Waals surface area contributed by atoms with E-state index in [-0.39, 0.29) is 67.1 Å². The van der Waals surface area contributed by atoms with Crippen molar-refractivity contribution in [2.45, 2.75) is 133 Å². The van der Waals surface area contributed by atoms with E-state index in [2.05, 4.69) is 20.8 Å². The van der Waals surface area contributed by atoms with Crippen LogP contribution in [-0.4, -0.2) is 67.4 Å². The molecule has 248 valence electrons. The third-order valence-corrected chi connectivity index (χ3v) is 8.29.